The SMILES string of the molecule is O=C1NC(=O)/C(=C/c2c(-c3ccccc3)nc3sc(C(F)(F)F)nn23)S1. The van der Waals surface area contributed by atoms with Gasteiger partial charge in [-0.15, -0.1) is 5.10 Å². The number of carbonyl (C=O) groups is 2. The lowest BCUT2D eigenvalue weighted by Gasteiger charge is -2.01. The van der Waals surface area contributed by atoms with Crippen molar-refractivity contribution in [2.45, 2.75) is 6.18 Å². The first-order valence-corrected chi connectivity index (χ1v) is 8.73. The number of carbonyl (C=O) groups excluding carboxylic acids is 2. The first kappa shape index (κ1) is 16.8. The van der Waals surface area contributed by atoms with Crippen molar-refractivity contribution in [3.8, 4) is 11.3 Å². The largest absolute Gasteiger partial charge is 0.445 e. The number of hydrogen-bond acceptors (Lipinski definition) is 6. The van der Waals surface area contributed by atoms with Gasteiger partial charge >= 0.3 is 6.18 Å². The summed E-state index contributed by atoms with van der Waals surface area (Å²) in [5.74, 6) is -0.611. The van der Waals surface area contributed by atoms with E-state index in [2.05, 4.69) is 15.4 Å². The second kappa shape index (κ2) is 5.95. The van der Waals surface area contributed by atoms with Gasteiger partial charge in [0.05, 0.1) is 16.3 Å². The molecule has 1 aromatic carbocycles. The molecule has 1 aliphatic rings. The van der Waals surface area contributed by atoms with Crippen LogP contribution in [0.1, 0.15) is 10.7 Å². The molecule has 3 aromatic rings. The number of amides is 2. The van der Waals surface area contributed by atoms with E-state index in [1.165, 1.54) is 6.08 Å². The van der Waals surface area contributed by atoms with Crippen molar-refractivity contribution >= 4 is 45.3 Å². The molecule has 0 bridgehead atoms. The monoisotopic (exact) mass is 396 g/mol. The van der Waals surface area contributed by atoms with Crippen LogP contribution in [0.15, 0.2) is 35.2 Å². The van der Waals surface area contributed by atoms with Gasteiger partial charge < -0.3 is 0 Å². The molecular formula is C15H7F3N4O2S2. The van der Waals surface area contributed by atoms with Crippen molar-refractivity contribution in [3.05, 3.63) is 45.9 Å². The van der Waals surface area contributed by atoms with E-state index in [1.807, 2.05) is 0 Å². The number of benzene rings is 1. The summed E-state index contributed by atoms with van der Waals surface area (Å²) in [6, 6.07) is 8.79. The maximum absolute atomic E-state index is 13.0. The molecule has 3 heterocycles. The van der Waals surface area contributed by atoms with Gasteiger partial charge in [0, 0.05) is 5.56 Å². The Kier molecular flexibility index (Phi) is 3.84. The zero-order valence-corrected chi connectivity index (χ0v) is 14.2. The third-order valence-electron chi connectivity index (χ3n) is 3.44. The van der Waals surface area contributed by atoms with Gasteiger partial charge in [-0.2, -0.15) is 13.2 Å². The van der Waals surface area contributed by atoms with E-state index in [1.54, 1.807) is 30.3 Å². The van der Waals surface area contributed by atoms with Gasteiger partial charge in [-0.1, -0.05) is 41.7 Å². The first-order valence-electron chi connectivity index (χ1n) is 7.10. The molecule has 11 heteroatoms. The molecule has 0 radical (unpaired) electrons. The van der Waals surface area contributed by atoms with Crippen LogP contribution in [-0.4, -0.2) is 25.7 Å². The molecule has 1 saturated heterocycles. The Balaban J connectivity index is 1.94. The molecule has 1 N–H and O–H groups in total. The highest BCUT2D eigenvalue weighted by molar-refractivity contribution is 8.18. The van der Waals surface area contributed by atoms with Gasteiger partial charge in [0.1, 0.15) is 0 Å². The van der Waals surface area contributed by atoms with E-state index in [0.717, 1.165) is 4.52 Å². The highest BCUT2D eigenvalue weighted by Gasteiger charge is 2.37. The summed E-state index contributed by atoms with van der Waals surface area (Å²) in [6.07, 6.45) is -3.27. The van der Waals surface area contributed by atoms with Gasteiger partial charge in [0.15, 0.2) is 0 Å². The number of hydrogen-bond donors (Lipinski definition) is 1. The summed E-state index contributed by atoms with van der Waals surface area (Å²) in [5.41, 5.74) is 1.23. The Bertz CT molecular complexity index is 1070. The molecular weight excluding hydrogens is 389 g/mol. The lowest BCUT2D eigenvalue weighted by atomic mass is 10.1. The number of imide groups is 1. The third-order valence-corrected chi connectivity index (χ3v) is 5.20. The number of nitrogens with zero attached hydrogens (tertiary/aromatic N) is 3. The van der Waals surface area contributed by atoms with Crippen LogP contribution in [0.25, 0.3) is 22.3 Å². The average molecular weight is 396 g/mol. The average Bonchev–Trinajstić information content (AvgIpc) is 3.22. The lowest BCUT2D eigenvalue weighted by Crippen LogP contribution is -2.17. The fourth-order valence-electron chi connectivity index (χ4n) is 2.36. The van der Waals surface area contributed by atoms with Crippen LogP contribution in [0.2, 0.25) is 0 Å². The molecule has 2 aromatic heterocycles. The van der Waals surface area contributed by atoms with Gasteiger partial charge in [0.25, 0.3) is 11.1 Å². The summed E-state index contributed by atoms with van der Waals surface area (Å²) in [4.78, 5) is 27.5. The van der Waals surface area contributed by atoms with E-state index in [-0.39, 0.29) is 15.6 Å². The van der Waals surface area contributed by atoms with Gasteiger partial charge in [-0.05, 0) is 17.8 Å². The van der Waals surface area contributed by atoms with Crippen LogP contribution in [0.3, 0.4) is 0 Å². The zero-order chi connectivity index (χ0) is 18.5. The standard InChI is InChI=1S/C15H7F3N4O2S2/c16-15(17,18)12-21-22-8(6-9-11(23)20-14(24)25-9)10(19-13(22)26-12)7-4-2-1-3-5-7/h1-6H,(H,20,23,24)/b9-6-. The van der Waals surface area contributed by atoms with E-state index in [9.17, 15) is 22.8 Å². The van der Waals surface area contributed by atoms with Crippen molar-refractivity contribution in [2.75, 3.05) is 0 Å². The highest BCUT2D eigenvalue weighted by atomic mass is 32.2. The van der Waals surface area contributed by atoms with Crippen LogP contribution in [0, 0.1) is 0 Å². The number of alkyl halides is 3. The van der Waals surface area contributed by atoms with Crippen molar-refractivity contribution in [2.24, 2.45) is 0 Å². The topological polar surface area (TPSA) is 76.4 Å². The van der Waals surface area contributed by atoms with Crippen molar-refractivity contribution < 1.29 is 22.8 Å². The summed E-state index contributed by atoms with van der Waals surface area (Å²) in [5, 5.41) is 4.11. The van der Waals surface area contributed by atoms with Gasteiger partial charge in [-0.3, -0.25) is 14.9 Å². The second-order valence-corrected chi connectivity index (χ2v) is 7.13. The number of halogens is 3. The van der Waals surface area contributed by atoms with E-state index in [4.69, 9.17) is 0 Å². The Morgan fingerprint density at radius 2 is 1.88 bits per heavy atom. The van der Waals surface area contributed by atoms with E-state index >= 15 is 0 Å². The minimum absolute atomic E-state index is 0.0396. The Hall–Kier alpha value is -2.66. The fraction of sp³-hybridized carbons (Fsp3) is 0.0667. The second-order valence-electron chi connectivity index (χ2n) is 5.16. The first-order chi connectivity index (χ1) is 12.3. The number of nitrogens with one attached hydrogen (secondary N) is 1. The third kappa shape index (κ3) is 2.88. The summed E-state index contributed by atoms with van der Waals surface area (Å²) < 4.78 is 39.9. The molecule has 26 heavy (non-hydrogen) atoms. The molecule has 0 aliphatic carbocycles. The normalized spacial score (nSPS) is 16.7. The van der Waals surface area contributed by atoms with Crippen molar-refractivity contribution in [1.29, 1.82) is 0 Å². The van der Waals surface area contributed by atoms with Crippen molar-refractivity contribution in [3.63, 3.8) is 0 Å². The number of rotatable bonds is 2. The Morgan fingerprint density at radius 3 is 2.50 bits per heavy atom. The molecule has 1 fully saturated rings. The summed E-state index contributed by atoms with van der Waals surface area (Å²) in [7, 11) is 0. The van der Waals surface area contributed by atoms with E-state index in [0.29, 0.717) is 34.4 Å². The van der Waals surface area contributed by atoms with Crippen LogP contribution >= 0.6 is 23.1 Å². The molecule has 2 amide bonds. The molecule has 0 atom stereocenters. The Labute approximate surface area is 151 Å². The number of aromatic nitrogens is 3. The predicted molar refractivity (Wildman–Crippen MR) is 90.4 cm³/mol. The highest BCUT2D eigenvalue weighted by Crippen LogP contribution is 2.36. The van der Waals surface area contributed by atoms with Crippen LogP contribution in [0.4, 0.5) is 18.0 Å². The van der Waals surface area contributed by atoms with Crippen LogP contribution in [0.5, 0.6) is 0 Å². The molecule has 132 valence electrons. The quantitative estimate of drug-likeness (QED) is 0.667. The maximum Gasteiger partial charge on any atom is 0.445 e. The van der Waals surface area contributed by atoms with Crippen molar-refractivity contribution in [1.82, 2.24) is 19.9 Å². The zero-order valence-electron chi connectivity index (χ0n) is 12.6. The summed E-state index contributed by atoms with van der Waals surface area (Å²) >= 11 is 1.08. The smallest absolute Gasteiger partial charge is 0.282 e. The molecule has 0 spiro atoms. The number of fused-ring (bicyclic) bond motifs is 1. The lowest BCUT2D eigenvalue weighted by molar-refractivity contribution is -0.138. The maximum atomic E-state index is 13.0. The predicted octanol–water partition coefficient (Wildman–Crippen LogP) is 3.80. The Morgan fingerprint density at radius 1 is 1.15 bits per heavy atom. The van der Waals surface area contributed by atoms with Gasteiger partial charge in [-0.25, -0.2) is 9.50 Å². The summed E-state index contributed by atoms with van der Waals surface area (Å²) in [6.45, 7) is 0. The minimum Gasteiger partial charge on any atom is -0.282 e. The number of imidazole rings is 1. The fourth-order valence-corrected chi connectivity index (χ4v) is 3.79. The van der Waals surface area contributed by atoms with Crippen LogP contribution < -0.4 is 5.32 Å². The van der Waals surface area contributed by atoms with Crippen LogP contribution in [-0.2, 0) is 11.0 Å². The molecule has 6 nitrogen and oxygen atoms in total. The molecule has 0 saturated carbocycles. The molecule has 4 rings (SSSR count). The number of thioether (sulfide) groups is 1. The molecule has 1 aliphatic heterocycles. The minimum atomic E-state index is -4.60. The molecule has 0 unspecified atom stereocenters. The van der Waals surface area contributed by atoms with E-state index < -0.39 is 22.3 Å². The van der Waals surface area contributed by atoms with Gasteiger partial charge in [0.2, 0.25) is 9.97 Å².